The van der Waals surface area contributed by atoms with Crippen molar-refractivity contribution in [3.8, 4) is 5.75 Å². The molecule has 0 unspecified atom stereocenters. The van der Waals surface area contributed by atoms with Crippen LogP contribution >= 0.6 is 0 Å². The molecule has 0 saturated carbocycles. The topological polar surface area (TPSA) is 46.5 Å². The van der Waals surface area contributed by atoms with Crippen molar-refractivity contribution in [1.29, 1.82) is 0 Å². The van der Waals surface area contributed by atoms with Crippen LogP contribution in [-0.2, 0) is 11.2 Å². The Labute approximate surface area is 142 Å². The number of carbonyl (C=O) groups is 1. The van der Waals surface area contributed by atoms with Crippen LogP contribution in [0, 0.1) is 0 Å². The zero-order valence-corrected chi connectivity index (χ0v) is 13.3. The molecule has 2 aromatic rings. The molecule has 0 aromatic heterocycles. The molecule has 0 fully saturated rings. The minimum absolute atomic E-state index is 0.0279. The number of halogens is 3. The third-order valence-electron chi connectivity index (χ3n) is 3.38. The summed E-state index contributed by atoms with van der Waals surface area (Å²) in [5.74, 6) is -0.916. The molecule has 0 heterocycles. The number of ether oxygens (including phenoxy) is 1. The van der Waals surface area contributed by atoms with Gasteiger partial charge in [0.1, 0.15) is 5.75 Å². The van der Waals surface area contributed by atoms with Crippen LogP contribution in [0.15, 0.2) is 60.6 Å². The molecule has 1 N–H and O–H groups in total. The Kier molecular flexibility index (Phi) is 6.00. The van der Waals surface area contributed by atoms with Crippen molar-refractivity contribution in [3.05, 3.63) is 77.3 Å². The Balaban J connectivity index is 2.11. The minimum Gasteiger partial charge on any atom is -0.481 e. The van der Waals surface area contributed by atoms with E-state index in [1.165, 1.54) is 12.1 Å². The molecule has 0 radical (unpaired) electrons. The first-order valence-electron chi connectivity index (χ1n) is 7.33. The minimum atomic E-state index is -2.51. The summed E-state index contributed by atoms with van der Waals surface area (Å²) in [7, 11) is 0. The van der Waals surface area contributed by atoms with E-state index in [9.17, 15) is 18.0 Å². The van der Waals surface area contributed by atoms with Crippen LogP contribution in [0.2, 0.25) is 0 Å². The molecule has 6 heteroatoms. The normalized spacial score (nSPS) is 11.1. The number of allylic oxidation sites excluding steroid dienone is 1. The van der Waals surface area contributed by atoms with Gasteiger partial charge in [-0.1, -0.05) is 42.5 Å². The molecule has 0 atom stereocenters. The maximum atomic E-state index is 12.7. The predicted molar refractivity (Wildman–Crippen MR) is 88.7 cm³/mol. The molecular formula is C19H15F3O3. The fourth-order valence-electron chi connectivity index (χ4n) is 2.17. The van der Waals surface area contributed by atoms with Gasteiger partial charge in [-0.15, -0.1) is 0 Å². The maximum absolute atomic E-state index is 12.7. The summed E-state index contributed by atoms with van der Waals surface area (Å²) in [6, 6.07) is 11.2. The van der Waals surface area contributed by atoms with Crippen molar-refractivity contribution >= 4 is 17.6 Å². The molecule has 0 bridgehead atoms. The standard InChI is InChI=1S/C19H15F3O3/c1-12(10-13-2-4-14(5-3-13)11-17(23)24)15-6-8-16(9-7-15)25-19(22)18(20)21/h2-10H,11H2,1H3,(H,23,24)/b12-10+. The number of carboxylic acids is 1. The van der Waals surface area contributed by atoms with E-state index in [4.69, 9.17) is 5.11 Å². The van der Waals surface area contributed by atoms with Gasteiger partial charge in [0.15, 0.2) is 0 Å². The summed E-state index contributed by atoms with van der Waals surface area (Å²) in [5.41, 5.74) is 3.30. The molecule has 0 aliphatic heterocycles. The van der Waals surface area contributed by atoms with Crippen LogP contribution in [-0.4, -0.2) is 11.1 Å². The summed E-state index contributed by atoms with van der Waals surface area (Å²) in [5, 5.41) is 8.75. The second kappa shape index (κ2) is 8.19. The quantitative estimate of drug-likeness (QED) is 0.570. The van der Waals surface area contributed by atoms with E-state index in [2.05, 4.69) is 4.74 Å². The summed E-state index contributed by atoms with van der Waals surface area (Å²) < 4.78 is 41.1. The second-order valence-electron chi connectivity index (χ2n) is 5.30. The van der Waals surface area contributed by atoms with Gasteiger partial charge >= 0.3 is 18.1 Å². The number of benzene rings is 2. The van der Waals surface area contributed by atoms with Crippen LogP contribution in [0.3, 0.4) is 0 Å². The number of carboxylic acid groups (broad SMARTS) is 1. The second-order valence-corrected chi connectivity index (χ2v) is 5.30. The molecule has 0 aliphatic rings. The number of rotatable bonds is 6. The SMILES string of the molecule is C/C(=C\c1ccc(CC(=O)O)cc1)c1ccc(OC(F)=C(F)F)cc1. The Morgan fingerprint density at radius 1 is 1.04 bits per heavy atom. The van der Waals surface area contributed by atoms with Crippen molar-refractivity contribution in [2.24, 2.45) is 0 Å². The van der Waals surface area contributed by atoms with Gasteiger partial charge in [-0.25, -0.2) is 0 Å². The van der Waals surface area contributed by atoms with E-state index in [1.807, 2.05) is 25.1 Å². The molecule has 0 saturated heterocycles. The van der Waals surface area contributed by atoms with Gasteiger partial charge in [-0.05, 0) is 41.3 Å². The van der Waals surface area contributed by atoms with E-state index in [0.717, 1.165) is 16.7 Å². The molecule has 25 heavy (non-hydrogen) atoms. The molecule has 0 spiro atoms. The lowest BCUT2D eigenvalue weighted by Gasteiger charge is -2.06. The van der Waals surface area contributed by atoms with Crippen LogP contribution < -0.4 is 4.74 Å². The molecule has 3 nitrogen and oxygen atoms in total. The lowest BCUT2D eigenvalue weighted by atomic mass is 10.0. The van der Waals surface area contributed by atoms with E-state index in [-0.39, 0.29) is 12.2 Å². The van der Waals surface area contributed by atoms with Crippen LogP contribution in [0.5, 0.6) is 5.75 Å². The van der Waals surface area contributed by atoms with E-state index in [0.29, 0.717) is 5.56 Å². The molecule has 0 aliphatic carbocycles. The third kappa shape index (κ3) is 5.53. The maximum Gasteiger partial charge on any atom is 0.344 e. The molecule has 2 aromatic carbocycles. The van der Waals surface area contributed by atoms with E-state index in [1.54, 1.807) is 24.3 Å². The van der Waals surface area contributed by atoms with Gasteiger partial charge in [-0.2, -0.15) is 13.2 Å². The van der Waals surface area contributed by atoms with Gasteiger partial charge in [0.2, 0.25) is 0 Å². The van der Waals surface area contributed by atoms with E-state index >= 15 is 0 Å². The average Bonchev–Trinajstić information content (AvgIpc) is 2.56. The fraction of sp³-hybridized carbons (Fsp3) is 0.105. The highest BCUT2D eigenvalue weighted by molar-refractivity contribution is 5.80. The van der Waals surface area contributed by atoms with Gasteiger partial charge in [-0.3, -0.25) is 4.79 Å². The summed E-state index contributed by atoms with van der Waals surface area (Å²) >= 11 is 0. The van der Waals surface area contributed by atoms with Gasteiger partial charge in [0.25, 0.3) is 0 Å². The van der Waals surface area contributed by atoms with Gasteiger partial charge in [0, 0.05) is 0 Å². The van der Waals surface area contributed by atoms with Crippen molar-refractivity contribution in [2.75, 3.05) is 0 Å². The van der Waals surface area contributed by atoms with Crippen molar-refractivity contribution in [2.45, 2.75) is 13.3 Å². The molecule has 2 rings (SSSR count). The predicted octanol–water partition coefficient (Wildman–Crippen LogP) is 5.29. The number of aliphatic carboxylic acids is 1. The molecular weight excluding hydrogens is 333 g/mol. The Bertz CT molecular complexity index is 803. The zero-order valence-electron chi connectivity index (χ0n) is 13.3. The highest BCUT2D eigenvalue weighted by Gasteiger charge is 2.08. The smallest absolute Gasteiger partial charge is 0.344 e. The lowest BCUT2D eigenvalue weighted by Crippen LogP contribution is -1.99. The van der Waals surface area contributed by atoms with Crippen LogP contribution in [0.1, 0.15) is 23.6 Å². The van der Waals surface area contributed by atoms with Crippen molar-refractivity contribution in [1.82, 2.24) is 0 Å². The first-order valence-corrected chi connectivity index (χ1v) is 7.33. The van der Waals surface area contributed by atoms with Gasteiger partial charge < -0.3 is 9.84 Å². The summed E-state index contributed by atoms with van der Waals surface area (Å²) in [4.78, 5) is 10.7. The monoisotopic (exact) mass is 348 g/mol. The highest BCUT2D eigenvalue weighted by Crippen LogP contribution is 2.23. The Hall–Kier alpha value is -3.02. The van der Waals surface area contributed by atoms with Crippen LogP contribution in [0.4, 0.5) is 13.2 Å². The van der Waals surface area contributed by atoms with E-state index < -0.39 is 18.1 Å². The first kappa shape index (κ1) is 18.3. The third-order valence-corrected chi connectivity index (χ3v) is 3.38. The van der Waals surface area contributed by atoms with Crippen molar-refractivity contribution < 1.29 is 27.8 Å². The van der Waals surface area contributed by atoms with Gasteiger partial charge in [0.05, 0.1) is 6.42 Å². The summed E-state index contributed by atoms with van der Waals surface area (Å²) in [6.45, 7) is 1.86. The number of hydrogen-bond acceptors (Lipinski definition) is 2. The van der Waals surface area contributed by atoms with Crippen LogP contribution in [0.25, 0.3) is 11.6 Å². The summed E-state index contributed by atoms with van der Waals surface area (Å²) in [6.07, 6.45) is -0.650. The largest absolute Gasteiger partial charge is 0.481 e. The highest BCUT2D eigenvalue weighted by atomic mass is 19.3. The van der Waals surface area contributed by atoms with Crippen molar-refractivity contribution in [3.63, 3.8) is 0 Å². The average molecular weight is 348 g/mol. The zero-order chi connectivity index (χ0) is 18.4. The fourth-order valence-corrected chi connectivity index (χ4v) is 2.17. The first-order chi connectivity index (χ1) is 11.8. The Morgan fingerprint density at radius 2 is 1.64 bits per heavy atom. The number of hydrogen-bond donors (Lipinski definition) is 1. The molecule has 0 amide bonds. The Morgan fingerprint density at radius 3 is 2.16 bits per heavy atom. The molecule has 130 valence electrons. The lowest BCUT2D eigenvalue weighted by molar-refractivity contribution is -0.136.